The summed E-state index contributed by atoms with van der Waals surface area (Å²) in [5.41, 5.74) is 26.2. The second kappa shape index (κ2) is 12.6. The minimum absolute atomic E-state index is 0.138. The summed E-state index contributed by atoms with van der Waals surface area (Å²) >= 11 is 0. The Kier molecular flexibility index (Phi) is 6.76. The molecule has 1 aromatic heterocycles. The molecule has 66 heavy (non-hydrogen) atoms. The van der Waals surface area contributed by atoms with Crippen LogP contribution in [0.3, 0.4) is 0 Å². The number of nitrogens with zero attached hydrogens (tertiary/aromatic N) is 3. The van der Waals surface area contributed by atoms with E-state index in [0.29, 0.717) is 17.5 Å². The van der Waals surface area contributed by atoms with E-state index in [9.17, 15) is 0 Å². The summed E-state index contributed by atoms with van der Waals surface area (Å²) in [6.07, 6.45) is 11.6. The first-order chi connectivity index (χ1) is 32.7. The Labute approximate surface area is 383 Å². The van der Waals surface area contributed by atoms with Crippen molar-refractivity contribution < 1.29 is 0 Å². The van der Waals surface area contributed by atoms with Crippen LogP contribution in [0.25, 0.3) is 34.2 Å². The van der Waals surface area contributed by atoms with Crippen molar-refractivity contribution in [3.8, 4) is 34.2 Å². The van der Waals surface area contributed by atoms with Crippen LogP contribution in [0, 0.1) is 0 Å². The molecule has 3 nitrogen and oxygen atoms in total. The molecule has 1 spiro atoms. The average Bonchev–Trinajstić information content (AvgIpc) is 3.55. The van der Waals surface area contributed by atoms with E-state index < -0.39 is 0 Å². The van der Waals surface area contributed by atoms with Crippen LogP contribution in [-0.2, 0) is 5.41 Å². The fourth-order valence-electron chi connectivity index (χ4n) is 13.7. The molecule has 3 heteroatoms. The van der Waals surface area contributed by atoms with Crippen LogP contribution in [0.5, 0.6) is 0 Å². The first-order valence-corrected chi connectivity index (χ1v) is 23.4. The van der Waals surface area contributed by atoms with E-state index in [4.69, 9.17) is 15.0 Å². The molecule has 0 N–H and O–H groups in total. The standard InChI is InChI=1S/C63H39N3/c1-5-18-43-39(14-1)56-40-15-2-6-19-44(40)58(43)50-31-35(24-27-47(50)56)60-64-61(36-25-28-48-51(32-36)59-45-20-7-3-16-41(45)57(48)42-17-4-8-21-46(42)59)66-62(65-60)37-26-29-54-52(33-37)55-38-13-11-12-30-63(54,34-38)53-23-10-9-22-49(53)55/h1-34,55-59H. The zero-order valence-electron chi connectivity index (χ0n) is 35.9. The highest BCUT2D eigenvalue weighted by Gasteiger charge is 2.47. The molecular formula is C63H39N3. The van der Waals surface area contributed by atoms with E-state index in [1.165, 1.54) is 94.6 Å². The van der Waals surface area contributed by atoms with Gasteiger partial charge in [0.15, 0.2) is 17.5 Å². The van der Waals surface area contributed by atoms with Gasteiger partial charge in [-0.05, 0) is 113 Å². The van der Waals surface area contributed by atoms with Crippen LogP contribution in [0.1, 0.15) is 119 Å². The summed E-state index contributed by atoms with van der Waals surface area (Å²) in [4.78, 5) is 16.4. The highest BCUT2D eigenvalue weighted by atomic mass is 15.0. The molecule has 19 rings (SSSR count). The number of rotatable bonds is 3. The Morgan fingerprint density at radius 2 is 0.667 bits per heavy atom. The summed E-state index contributed by atoms with van der Waals surface area (Å²) < 4.78 is 0. The molecule has 306 valence electrons. The molecule has 8 aromatic carbocycles. The van der Waals surface area contributed by atoms with Gasteiger partial charge in [-0.2, -0.15) is 0 Å². The van der Waals surface area contributed by atoms with Crippen molar-refractivity contribution in [3.05, 3.63) is 301 Å². The van der Waals surface area contributed by atoms with Crippen LogP contribution >= 0.6 is 0 Å². The van der Waals surface area contributed by atoms with E-state index >= 15 is 0 Å². The molecule has 2 atom stereocenters. The van der Waals surface area contributed by atoms with Gasteiger partial charge in [0.1, 0.15) is 0 Å². The summed E-state index contributed by atoms with van der Waals surface area (Å²) in [6.45, 7) is 0. The Morgan fingerprint density at radius 1 is 0.303 bits per heavy atom. The molecule has 0 fully saturated rings. The van der Waals surface area contributed by atoms with Crippen LogP contribution in [0.2, 0.25) is 0 Å². The van der Waals surface area contributed by atoms with Crippen molar-refractivity contribution in [1.82, 2.24) is 15.0 Å². The largest absolute Gasteiger partial charge is 0.208 e. The van der Waals surface area contributed by atoms with Crippen LogP contribution in [0.4, 0.5) is 0 Å². The van der Waals surface area contributed by atoms with E-state index in [2.05, 4.69) is 206 Å². The van der Waals surface area contributed by atoms with Gasteiger partial charge in [-0.15, -0.1) is 0 Å². The normalized spacial score (nSPS) is 22.7. The fourth-order valence-corrected chi connectivity index (χ4v) is 13.7. The van der Waals surface area contributed by atoms with Gasteiger partial charge in [0, 0.05) is 46.3 Å². The van der Waals surface area contributed by atoms with Crippen molar-refractivity contribution in [2.45, 2.75) is 35.0 Å². The molecule has 0 radical (unpaired) electrons. The third kappa shape index (κ3) is 4.45. The third-order valence-corrected chi connectivity index (χ3v) is 16.3. The molecule has 7 bridgehead atoms. The lowest BCUT2D eigenvalue weighted by Crippen LogP contribution is -2.36. The number of allylic oxidation sites excluding steroid dienone is 6. The lowest BCUT2D eigenvalue weighted by Gasteiger charge is -2.46. The van der Waals surface area contributed by atoms with Gasteiger partial charge in [-0.25, -0.2) is 15.0 Å². The van der Waals surface area contributed by atoms with Crippen molar-refractivity contribution in [1.29, 1.82) is 0 Å². The highest BCUT2D eigenvalue weighted by molar-refractivity contribution is 5.78. The van der Waals surface area contributed by atoms with Crippen molar-refractivity contribution in [2.24, 2.45) is 0 Å². The zero-order chi connectivity index (χ0) is 42.8. The maximum absolute atomic E-state index is 5.46. The summed E-state index contributed by atoms with van der Waals surface area (Å²) in [6, 6.07) is 66.1. The first-order valence-electron chi connectivity index (χ1n) is 23.4. The zero-order valence-corrected chi connectivity index (χ0v) is 35.9. The predicted octanol–water partition coefficient (Wildman–Crippen LogP) is 13.6. The van der Waals surface area contributed by atoms with E-state index in [-0.39, 0.29) is 35.0 Å². The molecule has 1 heterocycles. The Bertz CT molecular complexity index is 3510. The van der Waals surface area contributed by atoms with E-state index in [0.717, 1.165) is 16.7 Å². The van der Waals surface area contributed by atoms with Crippen molar-refractivity contribution in [3.63, 3.8) is 0 Å². The van der Waals surface area contributed by atoms with Gasteiger partial charge in [0.05, 0.1) is 5.41 Å². The van der Waals surface area contributed by atoms with Crippen LogP contribution in [0.15, 0.2) is 212 Å². The van der Waals surface area contributed by atoms with Gasteiger partial charge in [0.25, 0.3) is 0 Å². The molecule has 0 aliphatic heterocycles. The Hall–Kier alpha value is -8.01. The summed E-state index contributed by atoms with van der Waals surface area (Å²) in [7, 11) is 0. The maximum Gasteiger partial charge on any atom is 0.164 e. The molecule has 0 saturated heterocycles. The van der Waals surface area contributed by atoms with Gasteiger partial charge in [0.2, 0.25) is 0 Å². The molecule has 0 amide bonds. The van der Waals surface area contributed by atoms with Gasteiger partial charge >= 0.3 is 0 Å². The number of hydrogen-bond donors (Lipinski definition) is 0. The second-order valence-corrected chi connectivity index (χ2v) is 19.3. The molecule has 10 aliphatic rings. The van der Waals surface area contributed by atoms with Gasteiger partial charge in [-0.3, -0.25) is 0 Å². The van der Waals surface area contributed by atoms with Crippen LogP contribution in [-0.4, -0.2) is 15.0 Å². The number of aromatic nitrogens is 3. The predicted molar refractivity (Wildman–Crippen MR) is 261 cm³/mol. The van der Waals surface area contributed by atoms with Gasteiger partial charge < -0.3 is 0 Å². The van der Waals surface area contributed by atoms with E-state index in [1.54, 1.807) is 0 Å². The molecule has 10 aliphatic carbocycles. The van der Waals surface area contributed by atoms with E-state index in [1.807, 2.05) is 0 Å². The second-order valence-electron chi connectivity index (χ2n) is 19.3. The van der Waals surface area contributed by atoms with Gasteiger partial charge in [-0.1, -0.05) is 188 Å². The maximum atomic E-state index is 5.46. The molecule has 2 unspecified atom stereocenters. The Morgan fingerprint density at radius 3 is 1.14 bits per heavy atom. The number of hydrogen-bond acceptors (Lipinski definition) is 3. The Balaban J connectivity index is 0.892. The van der Waals surface area contributed by atoms with Crippen molar-refractivity contribution >= 4 is 0 Å². The minimum atomic E-state index is -0.313. The topological polar surface area (TPSA) is 38.7 Å². The monoisotopic (exact) mass is 837 g/mol. The minimum Gasteiger partial charge on any atom is -0.208 e. The highest BCUT2D eigenvalue weighted by Crippen LogP contribution is 2.60. The first kappa shape index (κ1) is 35.4. The molecule has 9 aromatic rings. The quantitative estimate of drug-likeness (QED) is 0.178. The number of benzene rings is 8. The SMILES string of the molecule is C1=CC2=CC3(C=C1)c1ccccc1C2c1cc(-c2nc(-c4ccc5c(c4)C4c6ccccc6C5c5ccccc54)nc(-c4ccc5c(c4)C4c6ccccc6C5c5ccccc54)n2)ccc13. The lowest BCUT2D eigenvalue weighted by atomic mass is 9.57. The summed E-state index contributed by atoms with van der Waals surface area (Å²) in [5.74, 6) is 2.93. The van der Waals surface area contributed by atoms with Crippen molar-refractivity contribution in [2.75, 3.05) is 0 Å². The smallest absolute Gasteiger partial charge is 0.164 e. The molecular weight excluding hydrogens is 799 g/mol. The lowest BCUT2D eigenvalue weighted by molar-refractivity contribution is 0.683. The molecule has 0 saturated carbocycles. The summed E-state index contributed by atoms with van der Waals surface area (Å²) in [5, 5.41) is 0. The van der Waals surface area contributed by atoms with Crippen LogP contribution < -0.4 is 0 Å². The fraction of sp³-hybridized carbons (Fsp3) is 0.0952. The average molecular weight is 838 g/mol. The third-order valence-electron chi connectivity index (χ3n) is 16.3.